The number of carbonyl (C=O) groups excluding carboxylic acids is 1. The Hall–Kier alpha value is -2.33. The summed E-state index contributed by atoms with van der Waals surface area (Å²) in [6.07, 6.45) is 1.78. The van der Waals surface area contributed by atoms with Gasteiger partial charge in [0.05, 0.1) is 13.2 Å². The van der Waals surface area contributed by atoms with Crippen molar-refractivity contribution in [2.24, 2.45) is 0 Å². The van der Waals surface area contributed by atoms with Crippen LogP contribution in [0.2, 0.25) is 0 Å². The average Bonchev–Trinajstić information content (AvgIpc) is 3.13. The molecule has 1 heterocycles. The Balaban J connectivity index is 1.83. The summed E-state index contributed by atoms with van der Waals surface area (Å²) in [5, 5.41) is 6.60. The van der Waals surface area contributed by atoms with Crippen LogP contribution in [0.5, 0.6) is 5.75 Å². The van der Waals surface area contributed by atoms with E-state index in [9.17, 15) is 4.79 Å². The molecule has 3 rings (SSSR count). The molecule has 0 aromatic heterocycles. The van der Waals surface area contributed by atoms with Crippen molar-refractivity contribution in [2.45, 2.75) is 31.3 Å². The van der Waals surface area contributed by atoms with E-state index in [2.05, 4.69) is 10.6 Å². The van der Waals surface area contributed by atoms with Crippen LogP contribution >= 0.6 is 0 Å². The van der Waals surface area contributed by atoms with Gasteiger partial charge in [0.1, 0.15) is 11.3 Å². The number of benzene rings is 2. The molecule has 24 heavy (non-hydrogen) atoms. The first kappa shape index (κ1) is 16.5. The molecule has 126 valence electrons. The molecule has 1 unspecified atom stereocenters. The van der Waals surface area contributed by atoms with Gasteiger partial charge in [0, 0.05) is 0 Å². The minimum Gasteiger partial charge on any atom is -0.497 e. The number of methoxy groups -OCH3 is 1. The highest BCUT2D eigenvalue weighted by Gasteiger charge is 2.42. The first-order valence-electron chi connectivity index (χ1n) is 8.41. The summed E-state index contributed by atoms with van der Waals surface area (Å²) in [7, 11) is 1.65. The van der Waals surface area contributed by atoms with Crippen molar-refractivity contribution < 1.29 is 9.53 Å². The molecule has 0 saturated carbocycles. The monoisotopic (exact) mass is 324 g/mol. The van der Waals surface area contributed by atoms with Crippen LogP contribution in [-0.4, -0.2) is 19.6 Å². The SMILES string of the molecule is COc1ccc([C@@]2(C(=O)NC(C)c3ccccc3)CCCN2)cc1. The van der Waals surface area contributed by atoms with E-state index in [0.29, 0.717) is 0 Å². The number of hydrogen-bond donors (Lipinski definition) is 2. The quantitative estimate of drug-likeness (QED) is 0.888. The number of carbonyl (C=O) groups is 1. The highest BCUT2D eigenvalue weighted by molar-refractivity contribution is 5.88. The molecule has 1 aliphatic heterocycles. The second kappa shape index (κ2) is 7.05. The van der Waals surface area contributed by atoms with Crippen molar-refractivity contribution in [2.75, 3.05) is 13.7 Å². The summed E-state index contributed by atoms with van der Waals surface area (Å²) in [6.45, 7) is 2.86. The van der Waals surface area contributed by atoms with Gasteiger partial charge >= 0.3 is 0 Å². The topological polar surface area (TPSA) is 50.4 Å². The second-order valence-corrected chi connectivity index (χ2v) is 6.27. The zero-order valence-corrected chi connectivity index (χ0v) is 14.2. The van der Waals surface area contributed by atoms with Crippen molar-refractivity contribution >= 4 is 5.91 Å². The number of rotatable bonds is 5. The Morgan fingerprint density at radius 1 is 1.17 bits per heavy atom. The lowest BCUT2D eigenvalue weighted by Crippen LogP contribution is -2.51. The maximum absolute atomic E-state index is 13.1. The third kappa shape index (κ3) is 3.15. The van der Waals surface area contributed by atoms with Crippen LogP contribution in [0.3, 0.4) is 0 Å². The zero-order chi connectivity index (χ0) is 17.0. The van der Waals surface area contributed by atoms with Gasteiger partial charge in [-0.1, -0.05) is 42.5 Å². The van der Waals surface area contributed by atoms with Crippen LogP contribution in [0.25, 0.3) is 0 Å². The second-order valence-electron chi connectivity index (χ2n) is 6.27. The van der Waals surface area contributed by atoms with Crippen LogP contribution in [0, 0.1) is 0 Å². The Bertz CT molecular complexity index is 677. The molecule has 2 aromatic rings. The Morgan fingerprint density at radius 3 is 2.46 bits per heavy atom. The molecule has 4 heteroatoms. The molecule has 0 spiro atoms. The van der Waals surface area contributed by atoms with Gasteiger partial charge in [-0.05, 0) is 49.6 Å². The van der Waals surface area contributed by atoms with Gasteiger partial charge in [-0.15, -0.1) is 0 Å². The minimum atomic E-state index is -0.657. The Labute approximate surface area is 143 Å². The van der Waals surface area contributed by atoms with Gasteiger partial charge in [0.25, 0.3) is 0 Å². The van der Waals surface area contributed by atoms with Crippen molar-refractivity contribution in [1.29, 1.82) is 0 Å². The van der Waals surface area contributed by atoms with Gasteiger partial charge in [-0.25, -0.2) is 0 Å². The first-order chi connectivity index (χ1) is 11.7. The van der Waals surface area contributed by atoms with E-state index in [1.165, 1.54) is 0 Å². The fraction of sp³-hybridized carbons (Fsp3) is 0.350. The maximum atomic E-state index is 13.1. The molecule has 1 aliphatic rings. The van der Waals surface area contributed by atoms with E-state index in [1.807, 2.05) is 61.5 Å². The molecule has 1 fully saturated rings. The standard InChI is InChI=1S/C20H24N2O2/c1-15(16-7-4-3-5-8-16)22-19(23)20(13-6-14-21-20)17-9-11-18(24-2)12-10-17/h3-5,7-12,15,21H,6,13-14H2,1-2H3,(H,22,23)/t15?,20-/m1/s1. The molecule has 2 aromatic carbocycles. The van der Waals surface area contributed by atoms with Gasteiger partial charge in [-0.2, -0.15) is 0 Å². The molecule has 2 atom stereocenters. The molecule has 0 radical (unpaired) electrons. The third-order valence-electron chi connectivity index (χ3n) is 4.77. The molecular weight excluding hydrogens is 300 g/mol. The molecule has 4 nitrogen and oxygen atoms in total. The fourth-order valence-electron chi connectivity index (χ4n) is 3.34. The smallest absolute Gasteiger partial charge is 0.245 e. The molecule has 0 bridgehead atoms. The van der Waals surface area contributed by atoms with Crippen molar-refractivity contribution in [3.05, 3.63) is 65.7 Å². The van der Waals surface area contributed by atoms with Gasteiger partial charge in [0.15, 0.2) is 0 Å². The summed E-state index contributed by atoms with van der Waals surface area (Å²) >= 11 is 0. The minimum absolute atomic E-state index is 0.0292. The first-order valence-corrected chi connectivity index (χ1v) is 8.41. The van der Waals surface area contributed by atoms with E-state index in [4.69, 9.17) is 4.74 Å². The van der Waals surface area contributed by atoms with E-state index >= 15 is 0 Å². The molecule has 0 aliphatic carbocycles. The van der Waals surface area contributed by atoms with Crippen molar-refractivity contribution in [3.8, 4) is 5.75 Å². The highest BCUT2D eigenvalue weighted by Crippen LogP contribution is 2.33. The van der Waals surface area contributed by atoms with Crippen LogP contribution in [0.1, 0.15) is 36.9 Å². The zero-order valence-electron chi connectivity index (χ0n) is 14.2. The summed E-state index contributed by atoms with van der Waals surface area (Å²) in [5.74, 6) is 0.825. The molecule has 1 saturated heterocycles. The highest BCUT2D eigenvalue weighted by atomic mass is 16.5. The lowest BCUT2D eigenvalue weighted by molar-refractivity contribution is -0.128. The number of nitrogens with one attached hydrogen (secondary N) is 2. The van der Waals surface area contributed by atoms with Gasteiger partial charge in [-0.3, -0.25) is 10.1 Å². The lowest BCUT2D eigenvalue weighted by atomic mass is 9.87. The maximum Gasteiger partial charge on any atom is 0.245 e. The number of hydrogen-bond acceptors (Lipinski definition) is 3. The van der Waals surface area contributed by atoms with Crippen LogP contribution in [0.15, 0.2) is 54.6 Å². The van der Waals surface area contributed by atoms with Gasteiger partial charge < -0.3 is 10.1 Å². The third-order valence-corrected chi connectivity index (χ3v) is 4.77. The Morgan fingerprint density at radius 2 is 1.88 bits per heavy atom. The van der Waals surface area contributed by atoms with E-state index < -0.39 is 5.54 Å². The molecule has 2 N–H and O–H groups in total. The number of amides is 1. The van der Waals surface area contributed by atoms with E-state index in [-0.39, 0.29) is 11.9 Å². The van der Waals surface area contributed by atoms with Crippen molar-refractivity contribution in [3.63, 3.8) is 0 Å². The van der Waals surface area contributed by atoms with Crippen molar-refractivity contribution in [1.82, 2.24) is 10.6 Å². The van der Waals surface area contributed by atoms with Gasteiger partial charge in [0.2, 0.25) is 5.91 Å². The molecule has 1 amide bonds. The normalized spacial score (nSPS) is 21.2. The number of ether oxygens (including phenoxy) is 1. The fourth-order valence-corrected chi connectivity index (χ4v) is 3.34. The summed E-state index contributed by atoms with van der Waals surface area (Å²) < 4.78 is 5.23. The lowest BCUT2D eigenvalue weighted by Gasteiger charge is -2.30. The summed E-state index contributed by atoms with van der Waals surface area (Å²) in [4.78, 5) is 13.1. The predicted molar refractivity (Wildman–Crippen MR) is 94.9 cm³/mol. The van der Waals surface area contributed by atoms with E-state index in [0.717, 1.165) is 36.3 Å². The summed E-state index contributed by atoms with van der Waals surface area (Å²) in [6, 6.07) is 17.8. The Kier molecular flexibility index (Phi) is 4.86. The largest absolute Gasteiger partial charge is 0.497 e. The average molecular weight is 324 g/mol. The van der Waals surface area contributed by atoms with Crippen LogP contribution in [0.4, 0.5) is 0 Å². The molecular formula is C20H24N2O2. The van der Waals surface area contributed by atoms with Crippen LogP contribution in [-0.2, 0) is 10.3 Å². The summed E-state index contributed by atoms with van der Waals surface area (Å²) in [5.41, 5.74) is 1.43. The van der Waals surface area contributed by atoms with E-state index in [1.54, 1.807) is 7.11 Å². The van der Waals surface area contributed by atoms with Crippen LogP contribution < -0.4 is 15.4 Å². The predicted octanol–water partition coefficient (Wildman–Crippen LogP) is 3.15.